The van der Waals surface area contributed by atoms with Crippen molar-refractivity contribution in [1.29, 1.82) is 0 Å². The van der Waals surface area contributed by atoms with Crippen LogP contribution in [0, 0.1) is 5.92 Å². The Bertz CT molecular complexity index is 146. The molecular formula is C9H17NO. The molecule has 0 bridgehead atoms. The molecule has 0 aromatic carbocycles. The maximum absolute atomic E-state index is 10.1. The summed E-state index contributed by atoms with van der Waals surface area (Å²) in [5, 5.41) is 10.1. The molecule has 64 valence electrons. The second kappa shape index (κ2) is 2.46. The number of aliphatic hydroxyl groups is 1. The number of hydrogen-bond acceptors (Lipinski definition) is 2. The quantitative estimate of drug-likeness (QED) is 0.594. The third-order valence-electron chi connectivity index (χ3n) is 3.23. The fourth-order valence-corrected chi connectivity index (χ4v) is 2.17. The summed E-state index contributed by atoms with van der Waals surface area (Å²) in [7, 11) is 0. The molecule has 11 heavy (non-hydrogen) atoms. The first-order chi connectivity index (χ1) is 5.21. The normalized spacial score (nSPS) is 45.8. The molecule has 0 aliphatic heterocycles. The van der Waals surface area contributed by atoms with E-state index in [1.807, 2.05) is 0 Å². The molecule has 0 radical (unpaired) electrons. The SMILES string of the molecule is N[C@H]1CC[C@](O)(C2CC2)CC1. The monoisotopic (exact) mass is 155 g/mol. The molecule has 2 aliphatic carbocycles. The van der Waals surface area contributed by atoms with Crippen LogP contribution in [0.1, 0.15) is 38.5 Å². The van der Waals surface area contributed by atoms with Crippen LogP contribution in [0.4, 0.5) is 0 Å². The molecule has 0 saturated heterocycles. The van der Waals surface area contributed by atoms with Gasteiger partial charge in [0, 0.05) is 6.04 Å². The molecule has 0 amide bonds. The fraction of sp³-hybridized carbons (Fsp3) is 1.00. The van der Waals surface area contributed by atoms with Crippen LogP contribution in [-0.2, 0) is 0 Å². The van der Waals surface area contributed by atoms with Gasteiger partial charge in [-0.2, -0.15) is 0 Å². The van der Waals surface area contributed by atoms with E-state index in [0.29, 0.717) is 12.0 Å². The zero-order chi connectivity index (χ0) is 7.90. The highest BCUT2D eigenvalue weighted by Crippen LogP contribution is 2.46. The Morgan fingerprint density at radius 3 is 2.09 bits per heavy atom. The van der Waals surface area contributed by atoms with E-state index < -0.39 is 0 Å². The summed E-state index contributed by atoms with van der Waals surface area (Å²) in [5.74, 6) is 0.620. The van der Waals surface area contributed by atoms with E-state index in [4.69, 9.17) is 5.73 Å². The van der Waals surface area contributed by atoms with Crippen LogP contribution in [0.5, 0.6) is 0 Å². The van der Waals surface area contributed by atoms with E-state index in [9.17, 15) is 5.11 Å². The minimum atomic E-state index is -0.310. The molecule has 3 N–H and O–H groups in total. The van der Waals surface area contributed by atoms with Gasteiger partial charge in [-0.15, -0.1) is 0 Å². The van der Waals surface area contributed by atoms with Crippen molar-refractivity contribution in [3.63, 3.8) is 0 Å². The van der Waals surface area contributed by atoms with Crippen LogP contribution in [0.3, 0.4) is 0 Å². The summed E-state index contributed by atoms with van der Waals surface area (Å²) in [6, 6.07) is 0.356. The van der Waals surface area contributed by atoms with Gasteiger partial charge in [-0.25, -0.2) is 0 Å². The zero-order valence-electron chi connectivity index (χ0n) is 6.92. The minimum absolute atomic E-state index is 0.310. The Balaban J connectivity index is 1.93. The smallest absolute Gasteiger partial charge is 0.0677 e. The van der Waals surface area contributed by atoms with Crippen LogP contribution < -0.4 is 5.73 Å². The number of rotatable bonds is 1. The van der Waals surface area contributed by atoms with E-state index in [1.165, 1.54) is 12.8 Å². The lowest BCUT2D eigenvalue weighted by Gasteiger charge is -2.34. The largest absolute Gasteiger partial charge is 0.390 e. The molecule has 2 fully saturated rings. The summed E-state index contributed by atoms with van der Waals surface area (Å²) >= 11 is 0. The van der Waals surface area contributed by atoms with E-state index in [1.54, 1.807) is 0 Å². The summed E-state index contributed by atoms with van der Waals surface area (Å²) in [5.41, 5.74) is 5.46. The highest BCUT2D eigenvalue weighted by molar-refractivity contribution is 4.97. The molecule has 2 heteroatoms. The Labute approximate surface area is 67.8 Å². The Morgan fingerprint density at radius 1 is 1.09 bits per heavy atom. The van der Waals surface area contributed by atoms with Gasteiger partial charge >= 0.3 is 0 Å². The molecule has 2 aliphatic rings. The maximum atomic E-state index is 10.1. The van der Waals surface area contributed by atoms with E-state index >= 15 is 0 Å². The molecule has 0 aromatic rings. The van der Waals surface area contributed by atoms with Gasteiger partial charge < -0.3 is 10.8 Å². The van der Waals surface area contributed by atoms with E-state index in [2.05, 4.69) is 0 Å². The summed E-state index contributed by atoms with van der Waals surface area (Å²) < 4.78 is 0. The first-order valence-electron chi connectivity index (χ1n) is 4.69. The standard InChI is InChI=1S/C9H17NO/c10-8-3-5-9(11,6-4-8)7-1-2-7/h7-8,11H,1-6,10H2/t8-,9+. The predicted molar refractivity (Wildman–Crippen MR) is 44.1 cm³/mol. The molecule has 0 spiro atoms. The zero-order valence-corrected chi connectivity index (χ0v) is 6.92. The average Bonchev–Trinajstić information content (AvgIpc) is 2.77. The van der Waals surface area contributed by atoms with Crippen molar-refractivity contribution in [2.24, 2.45) is 11.7 Å². The topological polar surface area (TPSA) is 46.2 Å². The van der Waals surface area contributed by atoms with Crippen molar-refractivity contribution in [3.05, 3.63) is 0 Å². The van der Waals surface area contributed by atoms with Crippen molar-refractivity contribution in [2.45, 2.75) is 50.2 Å². The van der Waals surface area contributed by atoms with E-state index in [-0.39, 0.29) is 5.60 Å². The van der Waals surface area contributed by atoms with Gasteiger partial charge in [0.1, 0.15) is 0 Å². The number of hydrogen-bond donors (Lipinski definition) is 2. The van der Waals surface area contributed by atoms with Gasteiger partial charge in [0.2, 0.25) is 0 Å². The van der Waals surface area contributed by atoms with Gasteiger partial charge in [-0.3, -0.25) is 0 Å². The molecule has 2 saturated carbocycles. The van der Waals surface area contributed by atoms with Crippen molar-refractivity contribution in [2.75, 3.05) is 0 Å². The third kappa shape index (κ3) is 1.42. The molecule has 0 unspecified atom stereocenters. The predicted octanol–water partition coefficient (Wildman–Crippen LogP) is 1.03. The van der Waals surface area contributed by atoms with Crippen molar-refractivity contribution >= 4 is 0 Å². The van der Waals surface area contributed by atoms with Gasteiger partial charge in [-0.1, -0.05) is 0 Å². The first-order valence-corrected chi connectivity index (χ1v) is 4.69. The first kappa shape index (κ1) is 7.56. The van der Waals surface area contributed by atoms with E-state index in [0.717, 1.165) is 25.7 Å². The molecule has 2 rings (SSSR count). The maximum Gasteiger partial charge on any atom is 0.0677 e. The highest BCUT2D eigenvalue weighted by Gasteiger charge is 2.44. The average molecular weight is 155 g/mol. The van der Waals surface area contributed by atoms with Crippen molar-refractivity contribution < 1.29 is 5.11 Å². The number of nitrogens with two attached hydrogens (primary N) is 1. The van der Waals surface area contributed by atoms with Gasteiger partial charge in [-0.05, 0) is 44.4 Å². The van der Waals surface area contributed by atoms with Crippen LogP contribution in [-0.4, -0.2) is 16.7 Å². The van der Waals surface area contributed by atoms with Crippen LogP contribution in [0.2, 0.25) is 0 Å². The molecular weight excluding hydrogens is 138 g/mol. The van der Waals surface area contributed by atoms with Crippen LogP contribution in [0.25, 0.3) is 0 Å². The lowest BCUT2D eigenvalue weighted by molar-refractivity contribution is -0.0206. The molecule has 0 heterocycles. The molecule has 0 aromatic heterocycles. The second-order valence-corrected chi connectivity index (χ2v) is 4.22. The molecule has 2 nitrogen and oxygen atoms in total. The van der Waals surface area contributed by atoms with Crippen molar-refractivity contribution in [1.82, 2.24) is 0 Å². The molecule has 0 atom stereocenters. The van der Waals surface area contributed by atoms with Crippen LogP contribution in [0.15, 0.2) is 0 Å². The summed E-state index contributed by atoms with van der Waals surface area (Å²) in [6.07, 6.45) is 6.41. The Kier molecular flexibility index (Phi) is 1.69. The summed E-state index contributed by atoms with van der Waals surface area (Å²) in [6.45, 7) is 0. The highest BCUT2D eigenvalue weighted by atomic mass is 16.3. The van der Waals surface area contributed by atoms with Crippen LogP contribution >= 0.6 is 0 Å². The van der Waals surface area contributed by atoms with Gasteiger partial charge in [0.15, 0.2) is 0 Å². The minimum Gasteiger partial charge on any atom is -0.390 e. The third-order valence-corrected chi connectivity index (χ3v) is 3.23. The van der Waals surface area contributed by atoms with Gasteiger partial charge in [0.05, 0.1) is 5.60 Å². The Morgan fingerprint density at radius 2 is 1.64 bits per heavy atom. The Hall–Kier alpha value is -0.0800. The second-order valence-electron chi connectivity index (χ2n) is 4.22. The van der Waals surface area contributed by atoms with Crippen molar-refractivity contribution in [3.8, 4) is 0 Å². The lowest BCUT2D eigenvalue weighted by atomic mass is 9.79. The fourth-order valence-electron chi connectivity index (χ4n) is 2.17. The van der Waals surface area contributed by atoms with Gasteiger partial charge in [0.25, 0.3) is 0 Å². The lowest BCUT2D eigenvalue weighted by Crippen LogP contribution is -2.40. The summed E-state index contributed by atoms with van der Waals surface area (Å²) in [4.78, 5) is 0.